The fourth-order valence-corrected chi connectivity index (χ4v) is 6.78. The first-order chi connectivity index (χ1) is 21.7. The molecule has 2 N–H and O–H groups in total. The fourth-order valence-electron chi connectivity index (χ4n) is 5.72. The maximum Gasteiger partial charge on any atom is 0.260 e. The van der Waals surface area contributed by atoms with Crippen molar-refractivity contribution in [2.24, 2.45) is 0 Å². The lowest BCUT2D eigenvalue weighted by Gasteiger charge is -2.23. The first-order valence-corrected chi connectivity index (χ1v) is 17.0. The van der Waals surface area contributed by atoms with E-state index in [9.17, 15) is 18.0 Å². The molecule has 0 aliphatic carbocycles. The van der Waals surface area contributed by atoms with Crippen molar-refractivity contribution in [3.8, 4) is 16.9 Å². The van der Waals surface area contributed by atoms with Gasteiger partial charge in [0.15, 0.2) is 9.84 Å². The number of rotatable bonds is 9. The summed E-state index contributed by atoms with van der Waals surface area (Å²) in [6.07, 6.45) is 5.64. The Morgan fingerprint density at radius 2 is 1.73 bits per heavy atom. The van der Waals surface area contributed by atoms with Crippen LogP contribution in [-0.2, 0) is 21.2 Å². The van der Waals surface area contributed by atoms with Crippen LogP contribution in [0.2, 0.25) is 0 Å². The average Bonchev–Trinajstić information content (AvgIpc) is 3.59. The number of sulfone groups is 1. The first kappa shape index (κ1) is 30.7. The first-order valence-electron chi connectivity index (χ1n) is 15.5. The molecule has 0 bridgehead atoms. The van der Waals surface area contributed by atoms with Crippen molar-refractivity contribution < 1.29 is 17.9 Å². The molecule has 0 unspecified atom stereocenters. The SMILES string of the molecule is CC(C)S(=O)(=O)c1ccc(-c2cc3cnc(Nc4ccc(OC5CCNCC5)cc4)nc3n(CC(=O)N3CCCC3)c2=O)cc1. The fraction of sp³-hybridized carbons (Fsp3) is 0.394. The highest BCUT2D eigenvalue weighted by molar-refractivity contribution is 7.92. The standard InChI is InChI=1S/C33H38N6O5S/c1-22(2)45(42,43)28-11-5-23(6-12-28)29-19-24-20-35-33(36-25-7-9-26(10-8-25)44-27-13-15-34-16-14-27)37-31(24)39(32(29)41)21-30(40)38-17-3-4-18-38/h5-12,19-20,22,27,34H,3-4,13-18,21H2,1-2H3,(H,35,36,37). The number of benzene rings is 2. The van der Waals surface area contributed by atoms with Gasteiger partial charge in [0, 0.05) is 35.9 Å². The van der Waals surface area contributed by atoms with E-state index in [0.717, 1.165) is 50.2 Å². The van der Waals surface area contributed by atoms with Crippen molar-refractivity contribution in [3.63, 3.8) is 0 Å². The van der Waals surface area contributed by atoms with E-state index in [2.05, 4.69) is 20.6 Å². The number of nitrogens with one attached hydrogen (secondary N) is 2. The number of pyridine rings is 1. The van der Waals surface area contributed by atoms with Gasteiger partial charge in [-0.1, -0.05) is 12.1 Å². The number of likely N-dealkylation sites (tertiary alicyclic amines) is 1. The second kappa shape index (κ2) is 13.0. The number of hydrogen-bond acceptors (Lipinski definition) is 9. The predicted molar refractivity (Wildman–Crippen MR) is 174 cm³/mol. The van der Waals surface area contributed by atoms with E-state index in [1.54, 1.807) is 43.1 Å². The van der Waals surface area contributed by atoms with Crippen LogP contribution >= 0.6 is 0 Å². The van der Waals surface area contributed by atoms with Crippen LogP contribution in [-0.4, -0.2) is 71.3 Å². The highest BCUT2D eigenvalue weighted by Crippen LogP contribution is 2.26. The lowest BCUT2D eigenvalue weighted by molar-refractivity contribution is -0.130. The van der Waals surface area contributed by atoms with Gasteiger partial charge in [-0.25, -0.2) is 13.4 Å². The number of carbonyl (C=O) groups excluding carboxylic acids is 1. The molecule has 45 heavy (non-hydrogen) atoms. The maximum absolute atomic E-state index is 14.0. The molecule has 0 atom stereocenters. The Hall–Kier alpha value is -4.29. The molecule has 2 aromatic carbocycles. The van der Waals surface area contributed by atoms with Gasteiger partial charge in [-0.15, -0.1) is 0 Å². The molecule has 4 heterocycles. The number of fused-ring (bicyclic) bond motifs is 1. The van der Waals surface area contributed by atoms with E-state index in [0.29, 0.717) is 35.2 Å². The van der Waals surface area contributed by atoms with E-state index >= 15 is 0 Å². The van der Waals surface area contributed by atoms with Gasteiger partial charge in [-0.2, -0.15) is 4.98 Å². The van der Waals surface area contributed by atoms with Crippen molar-refractivity contribution in [2.45, 2.75) is 62.3 Å². The quantitative estimate of drug-likeness (QED) is 0.280. The average molecular weight is 631 g/mol. The topological polar surface area (TPSA) is 136 Å². The lowest BCUT2D eigenvalue weighted by Crippen LogP contribution is -2.35. The smallest absolute Gasteiger partial charge is 0.260 e. The Morgan fingerprint density at radius 1 is 1.04 bits per heavy atom. The van der Waals surface area contributed by atoms with Crippen LogP contribution in [0.3, 0.4) is 0 Å². The molecule has 2 aliphatic heterocycles. The zero-order valence-electron chi connectivity index (χ0n) is 25.5. The Bertz CT molecular complexity index is 1840. The number of piperidine rings is 1. The normalized spacial score (nSPS) is 15.9. The minimum Gasteiger partial charge on any atom is -0.490 e. The molecule has 0 spiro atoms. The Morgan fingerprint density at radius 3 is 2.40 bits per heavy atom. The molecule has 6 rings (SSSR count). The molecule has 11 nitrogen and oxygen atoms in total. The Balaban J connectivity index is 1.32. The van der Waals surface area contributed by atoms with Gasteiger partial charge in [0.2, 0.25) is 11.9 Å². The third kappa shape index (κ3) is 6.71. The summed E-state index contributed by atoms with van der Waals surface area (Å²) in [4.78, 5) is 38.4. The van der Waals surface area contributed by atoms with E-state index < -0.39 is 20.6 Å². The Kier molecular flexibility index (Phi) is 8.86. The molecule has 236 valence electrons. The van der Waals surface area contributed by atoms with Gasteiger partial charge in [-0.05, 0) is 101 Å². The van der Waals surface area contributed by atoms with Crippen molar-refractivity contribution in [3.05, 3.63) is 71.1 Å². The van der Waals surface area contributed by atoms with Crippen molar-refractivity contribution in [2.75, 3.05) is 31.5 Å². The molecule has 0 saturated carbocycles. The lowest BCUT2D eigenvalue weighted by atomic mass is 10.1. The summed E-state index contributed by atoms with van der Waals surface area (Å²) in [5.74, 6) is 0.930. The summed E-state index contributed by atoms with van der Waals surface area (Å²) in [5, 5.41) is 6.55. The van der Waals surface area contributed by atoms with E-state index in [1.807, 2.05) is 24.3 Å². The molecule has 12 heteroatoms. The summed E-state index contributed by atoms with van der Waals surface area (Å²) < 4.78 is 32.8. The van der Waals surface area contributed by atoms with Crippen LogP contribution in [0.5, 0.6) is 5.75 Å². The summed E-state index contributed by atoms with van der Waals surface area (Å²) in [6, 6.07) is 15.6. The number of hydrogen-bond donors (Lipinski definition) is 2. The van der Waals surface area contributed by atoms with Gasteiger partial charge in [-0.3, -0.25) is 14.2 Å². The van der Waals surface area contributed by atoms with Crippen LogP contribution in [0, 0.1) is 0 Å². The third-order valence-electron chi connectivity index (χ3n) is 8.39. The third-order valence-corrected chi connectivity index (χ3v) is 10.6. The van der Waals surface area contributed by atoms with Crippen LogP contribution < -0.4 is 20.9 Å². The number of anilines is 2. The number of carbonyl (C=O) groups is 1. The number of amides is 1. The van der Waals surface area contributed by atoms with E-state index in [1.165, 1.54) is 16.7 Å². The molecular weight excluding hydrogens is 592 g/mol. The van der Waals surface area contributed by atoms with Crippen LogP contribution in [0.15, 0.2) is 70.5 Å². The number of aromatic nitrogens is 3. The zero-order chi connectivity index (χ0) is 31.6. The molecule has 2 saturated heterocycles. The summed E-state index contributed by atoms with van der Waals surface area (Å²) in [6.45, 7) is 6.33. The molecule has 1 amide bonds. The summed E-state index contributed by atoms with van der Waals surface area (Å²) in [5.41, 5.74) is 1.57. The van der Waals surface area contributed by atoms with Crippen molar-refractivity contribution in [1.29, 1.82) is 0 Å². The largest absolute Gasteiger partial charge is 0.490 e. The van der Waals surface area contributed by atoms with Gasteiger partial charge >= 0.3 is 0 Å². The van der Waals surface area contributed by atoms with Crippen LogP contribution in [0.1, 0.15) is 39.5 Å². The molecule has 4 aromatic rings. The van der Waals surface area contributed by atoms with Crippen LogP contribution in [0.25, 0.3) is 22.2 Å². The molecule has 2 fully saturated rings. The van der Waals surface area contributed by atoms with Gasteiger partial charge in [0.1, 0.15) is 24.0 Å². The maximum atomic E-state index is 14.0. The molecular formula is C33H38N6O5S. The highest BCUT2D eigenvalue weighted by Gasteiger charge is 2.23. The second-order valence-corrected chi connectivity index (χ2v) is 14.3. The monoisotopic (exact) mass is 630 g/mol. The number of ether oxygens (including phenoxy) is 1. The second-order valence-electron chi connectivity index (χ2n) is 11.8. The van der Waals surface area contributed by atoms with Crippen LogP contribution in [0.4, 0.5) is 11.6 Å². The minimum atomic E-state index is -3.46. The molecule has 0 radical (unpaired) electrons. The zero-order valence-corrected chi connectivity index (χ0v) is 26.3. The van der Waals surface area contributed by atoms with E-state index in [4.69, 9.17) is 4.74 Å². The number of nitrogens with zero attached hydrogens (tertiary/aromatic N) is 4. The van der Waals surface area contributed by atoms with Gasteiger partial charge in [0.05, 0.1) is 10.1 Å². The molecule has 2 aromatic heterocycles. The van der Waals surface area contributed by atoms with Crippen molar-refractivity contribution >= 4 is 38.4 Å². The minimum absolute atomic E-state index is 0.149. The van der Waals surface area contributed by atoms with Gasteiger partial charge < -0.3 is 20.3 Å². The van der Waals surface area contributed by atoms with E-state index in [-0.39, 0.29) is 29.4 Å². The summed E-state index contributed by atoms with van der Waals surface area (Å²) in [7, 11) is -3.46. The van der Waals surface area contributed by atoms with Gasteiger partial charge in [0.25, 0.3) is 5.56 Å². The summed E-state index contributed by atoms with van der Waals surface area (Å²) >= 11 is 0. The predicted octanol–water partition coefficient (Wildman–Crippen LogP) is 4.14. The molecule has 2 aliphatic rings. The Labute approximate surface area is 262 Å². The van der Waals surface area contributed by atoms with Crippen molar-refractivity contribution in [1.82, 2.24) is 24.8 Å². The highest BCUT2D eigenvalue weighted by atomic mass is 32.2.